The van der Waals surface area contributed by atoms with Crippen LogP contribution >= 0.6 is 0 Å². The van der Waals surface area contributed by atoms with Gasteiger partial charge in [0.2, 0.25) is 0 Å². The van der Waals surface area contributed by atoms with Crippen LogP contribution in [0.4, 0.5) is 0 Å². The van der Waals surface area contributed by atoms with Gasteiger partial charge in [-0.1, -0.05) is 13.0 Å². The van der Waals surface area contributed by atoms with Crippen molar-refractivity contribution >= 4 is 5.97 Å². The first-order valence-corrected chi connectivity index (χ1v) is 6.79. The zero-order valence-corrected chi connectivity index (χ0v) is 10.9. The Hall–Kier alpha value is -0.790. The Balaban J connectivity index is 1.83. The van der Waals surface area contributed by atoms with Gasteiger partial charge in [-0.3, -0.25) is 0 Å². The van der Waals surface area contributed by atoms with E-state index in [1.165, 1.54) is 44.6 Å². The van der Waals surface area contributed by atoms with Crippen LogP contribution in [0, 0.1) is 16.7 Å². The molecule has 0 heterocycles. The molecule has 0 aromatic heterocycles. The fourth-order valence-corrected chi connectivity index (χ4v) is 4.68. The maximum Gasteiger partial charge on any atom is 0.330 e. The number of esters is 1. The van der Waals surface area contributed by atoms with Crippen LogP contribution in [0.5, 0.6) is 0 Å². The van der Waals surface area contributed by atoms with Crippen LogP contribution in [0.3, 0.4) is 0 Å². The molecule has 0 aromatic rings. The Morgan fingerprint density at radius 1 is 1.41 bits per heavy atom. The van der Waals surface area contributed by atoms with E-state index in [0.29, 0.717) is 5.41 Å². The van der Waals surface area contributed by atoms with Crippen LogP contribution in [0.15, 0.2) is 12.7 Å². The summed E-state index contributed by atoms with van der Waals surface area (Å²) in [6.45, 7) is 7.69. The molecule has 3 aliphatic carbocycles. The second-order valence-corrected chi connectivity index (χ2v) is 6.91. The van der Waals surface area contributed by atoms with Gasteiger partial charge in [-0.25, -0.2) is 4.79 Å². The van der Waals surface area contributed by atoms with Crippen molar-refractivity contribution in [3.8, 4) is 0 Å². The van der Waals surface area contributed by atoms with E-state index in [1.54, 1.807) is 0 Å². The molecule has 0 radical (unpaired) electrons. The Kier molecular flexibility index (Phi) is 2.10. The standard InChI is InChI=1S/C15H22O2/c1-4-12(16)17-13(2,3)15-7-5-6-14(10-15)8-11(14)9-15/h4,11H,1,5-10H2,2-3H3. The lowest BCUT2D eigenvalue weighted by Gasteiger charge is -2.47. The van der Waals surface area contributed by atoms with Crippen LogP contribution in [-0.4, -0.2) is 11.6 Å². The molecule has 2 nitrogen and oxygen atoms in total. The summed E-state index contributed by atoms with van der Waals surface area (Å²) in [5.74, 6) is 0.649. The number of rotatable bonds is 3. The zero-order valence-electron chi connectivity index (χ0n) is 10.9. The van der Waals surface area contributed by atoms with Crippen LogP contribution in [0.1, 0.15) is 52.4 Å². The molecule has 1 spiro atoms. The Labute approximate surface area is 103 Å². The van der Waals surface area contributed by atoms with Crippen molar-refractivity contribution in [1.29, 1.82) is 0 Å². The second kappa shape index (κ2) is 3.15. The van der Waals surface area contributed by atoms with Gasteiger partial charge in [-0.05, 0) is 57.3 Å². The fraction of sp³-hybridized carbons (Fsp3) is 0.800. The summed E-state index contributed by atoms with van der Waals surface area (Å²) in [4.78, 5) is 11.5. The van der Waals surface area contributed by atoms with Crippen molar-refractivity contribution in [1.82, 2.24) is 0 Å². The normalized spacial score (nSPS) is 42.8. The molecular formula is C15H22O2. The van der Waals surface area contributed by atoms with Crippen molar-refractivity contribution in [2.75, 3.05) is 0 Å². The van der Waals surface area contributed by atoms with Gasteiger partial charge in [0.25, 0.3) is 0 Å². The Bertz CT molecular complexity index is 384. The molecule has 3 rings (SSSR count). The molecule has 0 aliphatic heterocycles. The largest absolute Gasteiger partial charge is 0.456 e. The minimum Gasteiger partial charge on any atom is -0.456 e. The van der Waals surface area contributed by atoms with E-state index in [1.807, 2.05) is 0 Å². The third kappa shape index (κ3) is 1.42. The minimum absolute atomic E-state index is 0.243. The molecule has 0 amide bonds. The lowest BCUT2D eigenvalue weighted by molar-refractivity contribution is -0.169. The van der Waals surface area contributed by atoms with Crippen LogP contribution in [-0.2, 0) is 9.53 Å². The van der Waals surface area contributed by atoms with Crippen molar-refractivity contribution in [2.45, 2.75) is 58.0 Å². The average Bonchev–Trinajstić information content (AvgIpc) is 2.82. The predicted molar refractivity (Wildman–Crippen MR) is 66.4 cm³/mol. The first-order chi connectivity index (χ1) is 7.93. The summed E-state index contributed by atoms with van der Waals surface area (Å²) in [6.07, 6.45) is 9.21. The Morgan fingerprint density at radius 3 is 2.88 bits per heavy atom. The number of ether oxygens (including phenoxy) is 1. The SMILES string of the molecule is C=CC(=O)OC(C)(C)C12CCCC3(CC3C1)C2. The van der Waals surface area contributed by atoms with E-state index in [4.69, 9.17) is 4.74 Å². The van der Waals surface area contributed by atoms with Crippen LogP contribution < -0.4 is 0 Å². The van der Waals surface area contributed by atoms with Crippen molar-refractivity contribution in [2.24, 2.45) is 16.7 Å². The molecule has 3 unspecified atom stereocenters. The molecule has 2 bridgehead atoms. The van der Waals surface area contributed by atoms with E-state index in [-0.39, 0.29) is 17.0 Å². The molecule has 3 saturated carbocycles. The smallest absolute Gasteiger partial charge is 0.330 e. The van der Waals surface area contributed by atoms with Crippen molar-refractivity contribution in [3.63, 3.8) is 0 Å². The van der Waals surface area contributed by atoms with E-state index in [2.05, 4.69) is 20.4 Å². The monoisotopic (exact) mass is 234 g/mol. The number of hydrogen-bond donors (Lipinski definition) is 0. The van der Waals surface area contributed by atoms with E-state index < -0.39 is 0 Å². The first-order valence-electron chi connectivity index (χ1n) is 6.79. The molecule has 0 N–H and O–H groups in total. The topological polar surface area (TPSA) is 26.3 Å². The summed E-state index contributed by atoms with van der Waals surface area (Å²) in [7, 11) is 0. The quantitative estimate of drug-likeness (QED) is 0.552. The van der Waals surface area contributed by atoms with Gasteiger partial charge in [0, 0.05) is 11.5 Å². The number of hydrogen-bond acceptors (Lipinski definition) is 2. The van der Waals surface area contributed by atoms with Gasteiger partial charge in [-0.15, -0.1) is 0 Å². The predicted octanol–water partition coefficient (Wildman–Crippen LogP) is 3.46. The zero-order chi connectivity index (χ0) is 12.3. The minimum atomic E-state index is -0.334. The average molecular weight is 234 g/mol. The van der Waals surface area contributed by atoms with Crippen molar-refractivity contribution < 1.29 is 9.53 Å². The van der Waals surface area contributed by atoms with Gasteiger partial charge in [0.1, 0.15) is 5.60 Å². The summed E-state index contributed by atoms with van der Waals surface area (Å²) in [5.41, 5.74) is 0.558. The molecule has 0 saturated heterocycles. The maximum absolute atomic E-state index is 11.5. The molecule has 0 aromatic carbocycles. The molecule has 3 aliphatic rings. The first kappa shape index (κ1) is 11.3. The van der Waals surface area contributed by atoms with E-state index >= 15 is 0 Å². The van der Waals surface area contributed by atoms with Gasteiger partial charge < -0.3 is 4.74 Å². The number of carbonyl (C=O) groups excluding carboxylic acids is 1. The van der Waals surface area contributed by atoms with Crippen LogP contribution in [0.25, 0.3) is 0 Å². The van der Waals surface area contributed by atoms with E-state index in [0.717, 1.165) is 5.92 Å². The second-order valence-electron chi connectivity index (χ2n) is 6.91. The molecule has 2 heteroatoms. The summed E-state index contributed by atoms with van der Waals surface area (Å²) in [5, 5.41) is 0. The van der Waals surface area contributed by atoms with Gasteiger partial charge >= 0.3 is 5.97 Å². The maximum atomic E-state index is 11.5. The van der Waals surface area contributed by atoms with Crippen LogP contribution in [0.2, 0.25) is 0 Å². The highest BCUT2D eigenvalue weighted by Crippen LogP contribution is 2.77. The lowest BCUT2D eigenvalue weighted by Crippen LogP contribution is -2.47. The highest BCUT2D eigenvalue weighted by atomic mass is 16.6. The van der Waals surface area contributed by atoms with E-state index in [9.17, 15) is 4.79 Å². The third-order valence-corrected chi connectivity index (χ3v) is 5.82. The number of carbonyl (C=O) groups is 1. The number of fused-ring (bicyclic) bond motifs is 1. The summed E-state index contributed by atoms with van der Waals surface area (Å²) in [6, 6.07) is 0. The summed E-state index contributed by atoms with van der Waals surface area (Å²) < 4.78 is 5.66. The highest BCUT2D eigenvalue weighted by molar-refractivity contribution is 5.81. The molecule has 17 heavy (non-hydrogen) atoms. The Morgan fingerprint density at radius 2 is 2.18 bits per heavy atom. The highest BCUT2D eigenvalue weighted by Gasteiger charge is 2.70. The van der Waals surface area contributed by atoms with Gasteiger partial charge in [0.05, 0.1) is 0 Å². The fourth-order valence-electron chi connectivity index (χ4n) is 4.68. The molecule has 94 valence electrons. The van der Waals surface area contributed by atoms with Gasteiger partial charge in [0.15, 0.2) is 0 Å². The lowest BCUT2D eigenvalue weighted by atomic mass is 9.63. The third-order valence-electron chi connectivity index (χ3n) is 5.82. The van der Waals surface area contributed by atoms with Gasteiger partial charge in [-0.2, -0.15) is 0 Å². The van der Waals surface area contributed by atoms with Crippen molar-refractivity contribution in [3.05, 3.63) is 12.7 Å². The molecular weight excluding hydrogens is 212 g/mol. The molecule has 3 atom stereocenters. The molecule has 3 fully saturated rings. The summed E-state index contributed by atoms with van der Waals surface area (Å²) >= 11 is 0.